The van der Waals surface area contributed by atoms with E-state index in [0.717, 1.165) is 0 Å². The van der Waals surface area contributed by atoms with Gasteiger partial charge in [0.1, 0.15) is 0 Å². The molecule has 0 bridgehead atoms. The second kappa shape index (κ2) is 6.18. The molecule has 0 aliphatic rings. The van der Waals surface area contributed by atoms with Gasteiger partial charge >= 0.3 is 6.18 Å². The Labute approximate surface area is 102 Å². The van der Waals surface area contributed by atoms with E-state index >= 15 is 0 Å². The Hall–Kier alpha value is -0.860. The standard InChI is InChI=1S/C9H15F3N4S/c1-14-2-3-16(6-9(10,11)12)4-7-5-17-8(13)15-7/h5,14H,2-4,6H2,1H3,(H2,13,15). The molecule has 98 valence electrons. The molecule has 0 atom stereocenters. The molecule has 0 fully saturated rings. The van der Waals surface area contributed by atoms with Crippen LogP contribution in [0.5, 0.6) is 0 Å². The number of alkyl halides is 3. The fraction of sp³-hybridized carbons (Fsp3) is 0.667. The summed E-state index contributed by atoms with van der Waals surface area (Å²) in [6.07, 6.45) is -4.20. The molecule has 0 saturated carbocycles. The number of anilines is 1. The predicted octanol–water partition coefficient (Wildman–Crippen LogP) is 1.31. The van der Waals surface area contributed by atoms with Gasteiger partial charge in [-0.3, -0.25) is 4.90 Å². The maximum atomic E-state index is 12.3. The van der Waals surface area contributed by atoms with Crippen molar-refractivity contribution in [2.45, 2.75) is 12.7 Å². The van der Waals surface area contributed by atoms with Crippen LogP contribution in [0.25, 0.3) is 0 Å². The van der Waals surface area contributed by atoms with Crippen molar-refractivity contribution in [2.75, 3.05) is 32.4 Å². The molecule has 4 nitrogen and oxygen atoms in total. The number of halogens is 3. The highest BCUT2D eigenvalue weighted by Gasteiger charge is 2.30. The number of likely N-dealkylation sites (N-methyl/N-ethyl adjacent to an activating group) is 1. The second-order valence-corrected chi connectivity index (χ2v) is 4.50. The van der Waals surface area contributed by atoms with Gasteiger partial charge in [0.25, 0.3) is 0 Å². The molecule has 1 rings (SSSR count). The lowest BCUT2D eigenvalue weighted by molar-refractivity contribution is -0.147. The topological polar surface area (TPSA) is 54.2 Å². The summed E-state index contributed by atoms with van der Waals surface area (Å²) in [4.78, 5) is 5.25. The smallest absolute Gasteiger partial charge is 0.375 e. The van der Waals surface area contributed by atoms with Crippen molar-refractivity contribution in [3.63, 3.8) is 0 Å². The van der Waals surface area contributed by atoms with Gasteiger partial charge < -0.3 is 11.1 Å². The number of aromatic nitrogens is 1. The number of nitrogens with two attached hydrogens (primary N) is 1. The highest BCUT2D eigenvalue weighted by molar-refractivity contribution is 7.13. The zero-order chi connectivity index (χ0) is 12.9. The average molecular weight is 268 g/mol. The van der Waals surface area contributed by atoms with Gasteiger partial charge in [0.15, 0.2) is 5.13 Å². The minimum Gasteiger partial charge on any atom is -0.375 e. The van der Waals surface area contributed by atoms with Crippen molar-refractivity contribution in [2.24, 2.45) is 0 Å². The van der Waals surface area contributed by atoms with Gasteiger partial charge in [-0.25, -0.2) is 4.98 Å². The SMILES string of the molecule is CNCCN(Cc1csc(N)n1)CC(F)(F)F. The quantitative estimate of drug-likeness (QED) is 0.817. The average Bonchev–Trinajstić information content (AvgIpc) is 2.58. The number of thiazole rings is 1. The van der Waals surface area contributed by atoms with E-state index in [1.165, 1.54) is 16.2 Å². The van der Waals surface area contributed by atoms with Crippen LogP contribution in [0.4, 0.5) is 18.3 Å². The molecule has 0 spiro atoms. The van der Waals surface area contributed by atoms with Gasteiger partial charge in [0, 0.05) is 25.0 Å². The van der Waals surface area contributed by atoms with Gasteiger partial charge in [0.2, 0.25) is 0 Å². The van der Waals surface area contributed by atoms with Crippen molar-refractivity contribution >= 4 is 16.5 Å². The molecule has 0 saturated heterocycles. The zero-order valence-corrected chi connectivity index (χ0v) is 10.2. The molecule has 0 unspecified atom stereocenters. The summed E-state index contributed by atoms with van der Waals surface area (Å²) in [5.74, 6) is 0. The Balaban J connectivity index is 2.56. The first-order valence-corrected chi connectivity index (χ1v) is 5.92. The largest absolute Gasteiger partial charge is 0.401 e. The number of nitrogens with one attached hydrogen (secondary N) is 1. The number of nitrogens with zero attached hydrogens (tertiary/aromatic N) is 2. The van der Waals surface area contributed by atoms with Crippen LogP contribution in [0.1, 0.15) is 5.69 Å². The zero-order valence-electron chi connectivity index (χ0n) is 9.42. The number of nitrogen functional groups attached to an aromatic ring is 1. The van der Waals surface area contributed by atoms with E-state index in [0.29, 0.717) is 23.9 Å². The van der Waals surface area contributed by atoms with Crippen LogP contribution in [0.15, 0.2) is 5.38 Å². The summed E-state index contributed by atoms with van der Waals surface area (Å²) in [6.45, 7) is 0.0319. The highest BCUT2D eigenvalue weighted by Crippen LogP contribution is 2.19. The Kier molecular flexibility index (Phi) is 5.16. The molecule has 8 heteroatoms. The van der Waals surface area contributed by atoms with Gasteiger partial charge in [-0.1, -0.05) is 0 Å². The first kappa shape index (κ1) is 14.2. The van der Waals surface area contributed by atoms with Crippen molar-refractivity contribution in [3.8, 4) is 0 Å². The van der Waals surface area contributed by atoms with Crippen LogP contribution >= 0.6 is 11.3 Å². The lowest BCUT2D eigenvalue weighted by Gasteiger charge is -2.22. The molecule has 0 aromatic carbocycles. The number of rotatable bonds is 6. The highest BCUT2D eigenvalue weighted by atomic mass is 32.1. The van der Waals surface area contributed by atoms with Crippen LogP contribution in [0, 0.1) is 0 Å². The van der Waals surface area contributed by atoms with E-state index in [1.54, 1.807) is 12.4 Å². The lowest BCUT2D eigenvalue weighted by atomic mass is 10.4. The molecule has 0 amide bonds. The van der Waals surface area contributed by atoms with Gasteiger partial charge in [-0.2, -0.15) is 13.2 Å². The van der Waals surface area contributed by atoms with Crippen molar-refractivity contribution < 1.29 is 13.2 Å². The molecule has 3 N–H and O–H groups in total. The molecule has 0 aliphatic heterocycles. The van der Waals surface area contributed by atoms with Crippen molar-refractivity contribution in [3.05, 3.63) is 11.1 Å². The van der Waals surface area contributed by atoms with E-state index in [1.807, 2.05) is 0 Å². The Morgan fingerprint density at radius 2 is 2.24 bits per heavy atom. The van der Waals surface area contributed by atoms with Gasteiger partial charge in [0.05, 0.1) is 12.2 Å². The molecule has 1 aromatic heterocycles. The lowest BCUT2D eigenvalue weighted by Crippen LogP contribution is -2.37. The molecular weight excluding hydrogens is 253 g/mol. The van der Waals surface area contributed by atoms with E-state index in [-0.39, 0.29) is 6.54 Å². The molecule has 17 heavy (non-hydrogen) atoms. The summed E-state index contributed by atoms with van der Waals surface area (Å²) in [7, 11) is 1.70. The minimum atomic E-state index is -4.20. The van der Waals surface area contributed by atoms with Crippen molar-refractivity contribution in [1.82, 2.24) is 15.2 Å². The summed E-state index contributed by atoms with van der Waals surface area (Å²) < 4.78 is 37.0. The summed E-state index contributed by atoms with van der Waals surface area (Å²) >= 11 is 1.23. The van der Waals surface area contributed by atoms with Gasteiger partial charge in [-0.05, 0) is 7.05 Å². The first-order chi connectivity index (χ1) is 7.90. The van der Waals surface area contributed by atoms with Crippen LogP contribution in [0.3, 0.4) is 0 Å². The third-order valence-electron chi connectivity index (χ3n) is 2.04. The number of hydrogen-bond donors (Lipinski definition) is 2. The molecular formula is C9H15F3N4S. The fourth-order valence-corrected chi connectivity index (χ4v) is 1.92. The van der Waals surface area contributed by atoms with Crippen molar-refractivity contribution in [1.29, 1.82) is 0 Å². The van der Waals surface area contributed by atoms with E-state index < -0.39 is 12.7 Å². The molecule has 1 aromatic rings. The second-order valence-electron chi connectivity index (χ2n) is 3.61. The van der Waals surface area contributed by atoms with Crippen LogP contribution in [-0.4, -0.2) is 42.7 Å². The number of hydrogen-bond acceptors (Lipinski definition) is 5. The van der Waals surface area contributed by atoms with Crippen LogP contribution in [0.2, 0.25) is 0 Å². The molecule has 0 aliphatic carbocycles. The molecule has 0 radical (unpaired) electrons. The predicted molar refractivity (Wildman–Crippen MR) is 61.8 cm³/mol. The summed E-state index contributed by atoms with van der Waals surface area (Å²) in [6, 6.07) is 0. The van der Waals surface area contributed by atoms with Crippen LogP contribution in [-0.2, 0) is 6.54 Å². The first-order valence-electron chi connectivity index (χ1n) is 5.04. The Morgan fingerprint density at radius 1 is 1.53 bits per heavy atom. The summed E-state index contributed by atoms with van der Waals surface area (Å²) in [5, 5.41) is 4.88. The van der Waals surface area contributed by atoms with Gasteiger partial charge in [-0.15, -0.1) is 11.3 Å². The Bertz CT molecular complexity index is 339. The maximum absolute atomic E-state index is 12.3. The monoisotopic (exact) mass is 268 g/mol. The molecule has 1 heterocycles. The normalized spacial score (nSPS) is 12.3. The Morgan fingerprint density at radius 3 is 2.71 bits per heavy atom. The third-order valence-corrected chi connectivity index (χ3v) is 2.76. The maximum Gasteiger partial charge on any atom is 0.401 e. The third kappa shape index (κ3) is 5.85. The van der Waals surface area contributed by atoms with E-state index in [9.17, 15) is 13.2 Å². The van der Waals surface area contributed by atoms with Crippen LogP contribution < -0.4 is 11.1 Å². The van der Waals surface area contributed by atoms with E-state index in [4.69, 9.17) is 5.73 Å². The fourth-order valence-electron chi connectivity index (χ4n) is 1.36. The summed E-state index contributed by atoms with van der Waals surface area (Å²) in [5.41, 5.74) is 6.01. The minimum absolute atomic E-state index is 0.162. The van der Waals surface area contributed by atoms with E-state index in [2.05, 4.69) is 10.3 Å².